The molecule has 0 bridgehead atoms. The highest BCUT2D eigenvalue weighted by Gasteiger charge is 2.34. The van der Waals surface area contributed by atoms with E-state index in [4.69, 9.17) is 0 Å². The fourth-order valence-corrected chi connectivity index (χ4v) is 10.4. The van der Waals surface area contributed by atoms with Gasteiger partial charge in [0.05, 0.1) is 0 Å². The summed E-state index contributed by atoms with van der Waals surface area (Å²) >= 11 is 0. The number of aryl methyl sites for hydroxylation is 13. The normalized spacial score (nSPS) is 12.1. The Morgan fingerprint density at radius 2 is 0.756 bits per heavy atom. The number of hydrogen-bond donors (Lipinski definition) is 0. The molecule has 0 saturated heterocycles. The van der Waals surface area contributed by atoms with Crippen molar-refractivity contribution in [1.29, 1.82) is 0 Å². The van der Waals surface area contributed by atoms with Crippen molar-refractivity contribution in [2.24, 2.45) is 0 Å². The van der Waals surface area contributed by atoms with Gasteiger partial charge in [0.15, 0.2) is 0 Å². The molecule has 0 atom stereocenters. The molecule has 0 heterocycles. The van der Waals surface area contributed by atoms with E-state index in [-0.39, 0.29) is 10.8 Å². The van der Waals surface area contributed by atoms with Gasteiger partial charge in [-0.1, -0.05) is 273 Å². The molecule has 0 N–H and O–H groups in total. The molecular formula is C78H94. The molecule has 0 nitrogen and oxygen atoms in total. The van der Waals surface area contributed by atoms with Crippen LogP contribution in [0.4, 0.5) is 0 Å². The summed E-state index contributed by atoms with van der Waals surface area (Å²) in [5.41, 5.74) is 31.2. The van der Waals surface area contributed by atoms with Crippen LogP contribution in [0.2, 0.25) is 0 Å². The monoisotopic (exact) mass is 1030 g/mol. The Balaban J connectivity index is 0.000000170. The van der Waals surface area contributed by atoms with Crippen molar-refractivity contribution >= 4 is 0 Å². The van der Waals surface area contributed by atoms with E-state index in [2.05, 4.69) is 313 Å². The largest absolute Gasteiger partial charge is 0.0622 e. The van der Waals surface area contributed by atoms with Gasteiger partial charge >= 0.3 is 0 Å². The summed E-state index contributed by atoms with van der Waals surface area (Å²) in [7, 11) is 0. The van der Waals surface area contributed by atoms with Crippen LogP contribution >= 0.6 is 0 Å². The Morgan fingerprint density at radius 3 is 1.28 bits per heavy atom. The van der Waals surface area contributed by atoms with Gasteiger partial charge in [-0.15, -0.1) is 0 Å². The van der Waals surface area contributed by atoms with E-state index in [9.17, 15) is 0 Å². The lowest BCUT2D eigenvalue weighted by molar-refractivity contribution is 0.590. The minimum atomic E-state index is 0.151. The fourth-order valence-electron chi connectivity index (χ4n) is 10.4. The first kappa shape index (κ1) is 61.8. The second-order valence-electron chi connectivity index (χ2n) is 23.8. The molecule has 0 radical (unpaired) electrons. The third kappa shape index (κ3) is 18.6. The lowest BCUT2D eigenvalue weighted by Gasteiger charge is -2.21. The maximum Gasteiger partial charge on any atom is 0.0158 e. The minimum Gasteiger partial charge on any atom is -0.0622 e. The molecule has 0 heteroatoms. The standard InChI is InChI=1S/C16H16.C13H12.C11H14.C11H16.C10H14.C9H12.C8H10/c1-11-8-9-13-12-6-4-5-7-14(12)16(2,3)15(13)10-11;1-11-7-5-6-10-13(11)12-8-3-2-4-9-12;1-9-5-4-7-10-6-2-3-8-11(9)10;1-9-5-7-10(8-6-9)11(2,3)4;1-7-5-8(2)10(4)9(3)6-7;1-7-4-8(2)6-9(3)5-7;1-7-3-5-8(2)6-4-7/h4-10H,1-3H3;2-10H,1H3;4-5,7H,2-3,6,8H2,1H3;5-8H,1-4H3;5-6H,1-4H3;4-6H,1-3H3;3-6H,1-2H3. The average molecular weight is 1030 g/mol. The van der Waals surface area contributed by atoms with Crippen LogP contribution in [0.5, 0.6) is 0 Å². The predicted octanol–water partition coefficient (Wildman–Crippen LogP) is 22.0. The Morgan fingerprint density at radius 1 is 0.321 bits per heavy atom. The molecule has 0 amide bonds. The van der Waals surface area contributed by atoms with Gasteiger partial charge in [0.25, 0.3) is 0 Å². The molecule has 406 valence electrons. The second-order valence-corrected chi connectivity index (χ2v) is 23.8. The van der Waals surface area contributed by atoms with Crippen LogP contribution in [-0.4, -0.2) is 0 Å². The first-order valence-electron chi connectivity index (χ1n) is 28.5. The maximum absolute atomic E-state index is 2.33. The summed E-state index contributed by atoms with van der Waals surface area (Å²) < 4.78 is 0. The van der Waals surface area contributed by atoms with Gasteiger partial charge in [0.1, 0.15) is 0 Å². The van der Waals surface area contributed by atoms with Gasteiger partial charge in [0, 0.05) is 5.41 Å². The number of benzene rings is 9. The molecule has 0 spiro atoms. The zero-order valence-electron chi connectivity index (χ0n) is 51.3. The summed E-state index contributed by atoms with van der Waals surface area (Å²) in [5.74, 6) is 0. The van der Waals surface area contributed by atoms with Gasteiger partial charge in [-0.25, -0.2) is 0 Å². The Hall–Kier alpha value is -7.02. The highest BCUT2D eigenvalue weighted by Crippen LogP contribution is 2.48. The molecule has 0 fully saturated rings. The highest BCUT2D eigenvalue weighted by molar-refractivity contribution is 5.80. The number of hydrogen-bond acceptors (Lipinski definition) is 0. The summed E-state index contributed by atoms with van der Waals surface area (Å²) in [6, 6.07) is 69.4. The van der Waals surface area contributed by atoms with E-state index in [1.165, 1.54) is 137 Å². The molecule has 2 aliphatic carbocycles. The lowest BCUT2D eigenvalue weighted by atomic mass is 9.82. The van der Waals surface area contributed by atoms with E-state index in [1.807, 2.05) is 6.07 Å². The fraction of sp³-hybridized carbons (Fsp3) is 0.308. The van der Waals surface area contributed by atoms with Crippen LogP contribution in [0.1, 0.15) is 148 Å². The molecule has 78 heavy (non-hydrogen) atoms. The quantitative estimate of drug-likeness (QED) is 0.154. The highest BCUT2D eigenvalue weighted by atomic mass is 14.4. The van der Waals surface area contributed by atoms with Gasteiger partial charge in [-0.05, 0) is 199 Å². The van der Waals surface area contributed by atoms with Gasteiger partial charge in [-0.3, -0.25) is 0 Å². The second kappa shape index (κ2) is 29.1. The topological polar surface area (TPSA) is 0 Å². The molecular weight excluding hydrogens is 937 g/mol. The predicted molar refractivity (Wildman–Crippen MR) is 345 cm³/mol. The third-order valence-electron chi connectivity index (χ3n) is 15.2. The first-order valence-corrected chi connectivity index (χ1v) is 28.5. The van der Waals surface area contributed by atoms with E-state index in [1.54, 1.807) is 11.1 Å². The Kier molecular flexibility index (Phi) is 23.1. The molecule has 2 aliphatic rings. The molecule has 0 saturated carbocycles. The molecule has 9 aromatic rings. The smallest absolute Gasteiger partial charge is 0.0158 e. The van der Waals surface area contributed by atoms with Gasteiger partial charge in [0.2, 0.25) is 0 Å². The van der Waals surface area contributed by atoms with Crippen LogP contribution in [0.15, 0.2) is 194 Å². The minimum absolute atomic E-state index is 0.151. The van der Waals surface area contributed by atoms with Crippen molar-refractivity contribution in [3.05, 3.63) is 294 Å². The molecule has 0 unspecified atom stereocenters. The Labute approximate surface area is 475 Å². The van der Waals surface area contributed by atoms with Crippen LogP contribution in [0, 0.1) is 90.0 Å². The number of rotatable bonds is 1. The van der Waals surface area contributed by atoms with Crippen molar-refractivity contribution in [3.8, 4) is 22.3 Å². The van der Waals surface area contributed by atoms with Crippen molar-refractivity contribution in [1.82, 2.24) is 0 Å². The van der Waals surface area contributed by atoms with E-state index < -0.39 is 0 Å². The lowest BCUT2D eigenvalue weighted by Crippen LogP contribution is -2.14. The van der Waals surface area contributed by atoms with Crippen molar-refractivity contribution in [2.45, 2.75) is 161 Å². The van der Waals surface area contributed by atoms with Crippen molar-refractivity contribution in [2.75, 3.05) is 0 Å². The zero-order chi connectivity index (χ0) is 57.2. The van der Waals surface area contributed by atoms with Crippen molar-refractivity contribution in [3.63, 3.8) is 0 Å². The molecule has 11 rings (SSSR count). The molecule has 0 aliphatic heterocycles. The van der Waals surface area contributed by atoms with E-state index in [0.29, 0.717) is 0 Å². The van der Waals surface area contributed by atoms with Gasteiger partial charge < -0.3 is 0 Å². The summed E-state index contributed by atoms with van der Waals surface area (Å²) in [5, 5.41) is 0. The van der Waals surface area contributed by atoms with Crippen LogP contribution in [0.25, 0.3) is 22.3 Å². The number of fused-ring (bicyclic) bond motifs is 4. The SMILES string of the molecule is Cc1cc(C)c(C)c(C)c1.Cc1cc(C)cc(C)c1.Cc1ccc(C(C)(C)C)cc1.Cc1ccc(C)cc1.Cc1ccc2c(c1)C(C)(C)c1ccccc1-2.Cc1cccc2c1CCCC2.Cc1ccccc1-c1ccccc1. The molecule has 9 aromatic carbocycles. The van der Waals surface area contributed by atoms with Crippen LogP contribution in [0.3, 0.4) is 0 Å². The average Bonchev–Trinajstić information content (AvgIpc) is 3.80. The zero-order valence-corrected chi connectivity index (χ0v) is 51.3. The Bertz CT molecular complexity index is 3180. The van der Waals surface area contributed by atoms with E-state index in [0.717, 1.165) is 0 Å². The van der Waals surface area contributed by atoms with E-state index >= 15 is 0 Å². The molecule has 0 aromatic heterocycles. The van der Waals surface area contributed by atoms with Crippen LogP contribution in [-0.2, 0) is 23.7 Å². The van der Waals surface area contributed by atoms with Crippen molar-refractivity contribution < 1.29 is 0 Å². The summed E-state index contributed by atoms with van der Waals surface area (Å²) in [6.07, 6.45) is 5.38. The third-order valence-corrected chi connectivity index (χ3v) is 15.2. The van der Waals surface area contributed by atoms with Crippen LogP contribution < -0.4 is 0 Å². The summed E-state index contributed by atoms with van der Waals surface area (Å²) in [4.78, 5) is 0. The van der Waals surface area contributed by atoms with Gasteiger partial charge in [-0.2, -0.15) is 0 Å². The summed E-state index contributed by atoms with van der Waals surface area (Å²) in [6.45, 7) is 39.2. The first-order chi connectivity index (χ1) is 36.9. The maximum atomic E-state index is 2.33.